The number of carbonyl (C=O) groups is 2. The van der Waals surface area contributed by atoms with E-state index >= 15 is 0 Å². The molecule has 0 aromatic heterocycles. The summed E-state index contributed by atoms with van der Waals surface area (Å²) in [6.45, 7) is 6.10. The van der Waals surface area contributed by atoms with E-state index in [2.05, 4.69) is 20.8 Å². The monoisotopic (exact) mass is 638 g/mol. The maximum Gasteiger partial charge on any atom is 0.306 e. The van der Waals surface area contributed by atoms with E-state index < -0.39 is 37.0 Å². The third kappa shape index (κ3) is 20.9. The van der Waals surface area contributed by atoms with Gasteiger partial charge in [-0.2, -0.15) is 0 Å². The molecule has 4 N–H and O–H groups in total. The van der Waals surface area contributed by atoms with Gasteiger partial charge in [-0.3, -0.25) is 9.59 Å². The van der Waals surface area contributed by atoms with Gasteiger partial charge in [0.2, 0.25) is 0 Å². The van der Waals surface area contributed by atoms with Gasteiger partial charge >= 0.3 is 11.9 Å². The summed E-state index contributed by atoms with van der Waals surface area (Å²) in [7, 11) is 0. The number of aliphatic hydroxyl groups is 4. The number of hydrogen-bond donors (Lipinski definition) is 4. The predicted molar refractivity (Wildman–Crippen MR) is 179 cm³/mol. The average molecular weight is 639 g/mol. The minimum absolute atomic E-state index is 0.118. The lowest BCUT2D eigenvalue weighted by atomic mass is 9.89. The van der Waals surface area contributed by atoms with Crippen molar-refractivity contribution in [3.8, 4) is 0 Å². The highest BCUT2D eigenvalue weighted by molar-refractivity contribution is 5.70. The Morgan fingerprint density at radius 3 is 2.13 bits per heavy atom. The van der Waals surface area contributed by atoms with Gasteiger partial charge in [-0.1, -0.05) is 116 Å². The summed E-state index contributed by atoms with van der Waals surface area (Å²) in [6, 6.07) is 0. The number of rotatable bonds is 27. The van der Waals surface area contributed by atoms with E-state index in [4.69, 9.17) is 9.47 Å². The number of unbranched alkanes of at least 4 members (excludes halogenated alkanes) is 10. The third-order valence-electron chi connectivity index (χ3n) is 8.75. The van der Waals surface area contributed by atoms with Crippen LogP contribution in [0.5, 0.6) is 0 Å². The normalized spacial score (nSPS) is 21.6. The molecule has 0 radical (unpaired) electrons. The molecule has 0 bridgehead atoms. The van der Waals surface area contributed by atoms with Crippen LogP contribution in [0.4, 0.5) is 0 Å². The van der Waals surface area contributed by atoms with Gasteiger partial charge in [-0.15, -0.1) is 0 Å². The van der Waals surface area contributed by atoms with Gasteiger partial charge in [0.15, 0.2) is 6.10 Å². The van der Waals surface area contributed by atoms with Crippen molar-refractivity contribution in [3.05, 3.63) is 24.3 Å². The van der Waals surface area contributed by atoms with E-state index in [0.717, 1.165) is 44.4 Å². The second-order valence-electron chi connectivity index (χ2n) is 13.4. The summed E-state index contributed by atoms with van der Waals surface area (Å²) in [5.41, 5.74) is 0. The SMILES string of the molecule is CCCCC[C@H](O)/C=C/[C@@H]1[C@@H](C/C=C/CCCC(=O)OC[C@H](CO)OC(=O)CCCCCCCCCCC(C)C)[C@@H](O)C[C@H]1O. The molecule has 0 aliphatic heterocycles. The van der Waals surface area contributed by atoms with Crippen molar-refractivity contribution in [3.63, 3.8) is 0 Å². The second kappa shape index (κ2) is 26.3. The van der Waals surface area contributed by atoms with Crippen molar-refractivity contribution < 1.29 is 39.5 Å². The molecular weight excluding hydrogens is 572 g/mol. The largest absolute Gasteiger partial charge is 0.462 e. The topological polar surface area (TPSA) is 134 Å². The lowest BCUT2D eigenvalue weighted by Crippen LogP contribution is -2.28. The third-order valence-corrected chi connectivity index (χ3v) is 8.75. The Kier molecular flexibility index (Phi) is 24.2. The molecule has 0 aromatic carbocycles. The zero-order valence-corrected chi connectivity index (χ0v) is 28.6. The second-order valence-corrected chi connectivity index (χ2v) is 13.4. The molecule has 8 nitrogen and oxygen atoms in total. The first-order valence-electron chi connectivity index (χ1n) is 18.0. The first-order valence-corrected chi connectivity index (χ1v) is 18.0. The molecule has 0 unspecified atom stereocenters. The molecule has 8 heteroatoms. The minimum atomic E-state index is -0.847. The Labute approximate surface area is 273 Å². The van der Waals surface area contributed by atoms with E-state index in [-0.39, 0.29) is 30.8 Å². The molecule has 1 aliphatic carbocycles. The fourth-order valence-electron chi connectivity index (χ4n) is 5.91. The van der Waals surface area contributed by atoms with Crippen molar-refractivity contribution in [2.24, 2.45) is 17.8 Å². The van der Waals surface area contributed by atoms with E-state index in [1.165, 1.54) is 38.5 Å². The van der Waals surface area contributed by atoms with Gasteiger partial charge < -0.3 is 29.9 Å². The quantitative estimate of drug-likeness (QED) is 0.0431. The average Bonchev–Trinajstić information content (AvgIpc) is 3.27. The van der Waals surface area contributed by atoms with Crippen LogP contribution in [0, 0.1) is 17.8 Å². The van der Waals surface area contributed by atoms with Crippen molar-refractivity contribution in [1.29, 1.82) is 0 Å². The Morgan fingerprint density at radius 1 is 0.822 bits per heavy atom. The Morgan fingerprint density at radius 2 is 1.47 bits per heavy atom. The summed E-state index contributed by atoms with van der Waals surface area (Å²) in [5.74, 6) is -0.308. The molecule has 0 spiro atoms. The molecule has 262 valence electrons. The number of hydrogen-bond acceptors (Lipinski definition) is 8. The van der Waals surface area contributed by atoms with Crippen LogP contribution >= 0.6 is 0 Å². The molecule has 6 atom stereocenters. The summed E-state index contributed by atoms with van der Waals surface area (Å²) in [5, 5.41) is 40.6. The first kappa shape index (κ1) is 41.3. The molecule has 1 saturated carbocycles. The van der Waals surface area contributed by atoms with Crippen LogP contribution in [0.3, 0.4) is 0 Å². The Hall–Kier alpha value is -1.74. The molecule has 0 heterocycles. The van der Waals surface area contributed by atoms with Gasteiger partial charge in [-0.05, 0) is 43.9 Å². The minimum Gasteiger partial charge on any atom is -0.462 e. The predicted octanol–water partition coefficient (Wildman–Crippen LogP) is 6.96. The fourth-order valence-corrected chi connectivity index (χ4v) is 5.91. The van der Waals surface area contributed by atoms with Crippen molar-refractivity contribution >= 4 is 11.9 Å². The number of carbonyl (C=O) groups excluding carboxylic acids is 2. The van der Waals surface area contributed by atoms with E-state index in [9.17, 15) is 30.0 Å². The van der Waals surface area contributed by atoms with E-state index in [1.807, 2.05) is 18.2 Å². The van der Waals surface area contributed by atoms with Crippen molar-refractivity contribution in [1.82, 2.24) is 0 Å². The number of allylic oxidation sites excluding steroid dienone is 2. The number of esters is 2. The lowest BCUT2D eigenvalue weighted by Gasteiger charge is -2.19. The fraction of sp³-hybridized carbons (Fsp3) is 0.838. The van der Waals surface area contributed by atoms with E-state index in [1.54, 1.807) is 6.08 Å². The lowest BCUT2D eigenvalue weighted by molar-refractivity contribution is -0.161. The highest BCUT2D eigenvalue weighted by Gasteiger charge is 2.39. The van der Waals surface area contributed by atoms with Crippen LogP contribution in [-0.2, 0) is 19.1 Å². The highest BCUT2D eigenvalue weighted by atomic mass is 16.6. The molecular formula is C37H66O8. The molecule has 1 aliphatic rings. The molecule has 1 rings (SSSR count). The van der Waals surface area contributed by atoms with Crippen molar-refractivity contribution in [2.45, 2.75) is 167 Å². The van der Waals surface area contributed by atoms with Crippen LogP contribution in [0.25, 0.3) is 0 Å². The van der Waals surface area contributed by atoms with Crippen LogP contribution in [0.1, 0.15) is 143 Å². The van der Waals surface area contributed by atoms with Gasteiger partial charge in [0, 0.05) is 25.2 Å². The van der Waals surface area contributed by atoms with Crippen LogP contribution in [0.15, 0.2) is 24.3 Å². The van der Waals surface area contributed by atoms with Gasteiger partial charge in [-0.25, -0.2) is 0 Å². The first-order chi connectivity index (χ1) is 21.7. The smallest absolute Gasteiger partial charge is 0.306 e. The summed E-state index contributed by atoms with van der Waals surface area (Å²) >= 11 is 0. The molecule has 1 fully saturated rings. The summed E-state index contributed by atoms with van der Waals surface area (Å²) in [4.78, 5) is 24.3. The van der Waals surface area contributed by atoms with Gasteiger partial charge in [0.05, 0.1) is 24.9 Å². The zero-order valence-electron chi connectivity index (χ0n) is 28.6. The molecule has 0 amide bonds. The molecule has 0 aromatic rings. The highest BCUT2D eigenvalue weighted by Crippen LogP contribution is 2.36. The van der Waals surface area contributed by atoms with Gasteiger partial charge in [0.1, 0.15) is 6.61 Å². The summed E-state index contributed by atoms with van der Waals surface area (Å²) in [6.07, 6.45) is 22.0. The summed E-state index contributed by atoms with van der Waals surface area (Å²) < 4.78 is 10.5. The van der Waals surface area contributed by atoms with Gasteiger partial charge in [0.25, 0.3) is 0 Å². The van der Waals surface area contributed by atoms with Crippen molar-refractivity contribution in [2.75, 3.05) is 13.2 Å². The number of aliphatic hydroxyl groups excluding tert-OH is 4. The maximum absolute atomic E-state index is 12.2. The maximum atomic E-state index is 12.2. The Balaban J connectivity index is 2.18. The number of ether oxygens (including phenoxy) is 2. The zero-order chi connectivity index (χ0) is 33.3. The van der Waals surface area contributed by atoms with Crippen LogP contribution in [0.2, 0.25) is 0 Å². The van der Waals surface area contributed by atoms with Crippen LogP contribution in [-0.4, -0.2) is 70.0 Å². The standard InChI is InChI=1S/C37H66O8/c1-4-5-14-20-30(39)24-25-33-32(34(40)26-35(33)41)21-16-12-13-17-22-36(42)44-28-31(27-38)45-37(43)23-18-11-9-7-6-8-10-15-19-29(2)3/h12,16,24-25,29-35,38-41H,4-11,13-15,17-23,26-28H2,1-3H3/b16-12+,25-24+/t30-,31-,32+,33+,34-,35+/m0/s1. The molecule has 0 saturated heterocycles. The Bertz CT molecular complexity index is 810. The molecule has 45 heavy (non-hydrogen) atoms. The van der Waals surface area contributed by atoms with E-state index in [0.29, 0.717) is 38.5 Å². The van der Waals surface area contributed by atoms with Crippen LogP contribution < -0.4 is 0 Å².